The van der Waals surface area contributed by atoms with E-state index in [9.17, 15) is 0 Å². The van der Waals surface area contributed by atoms with Gasteiger partial charge in [-0.05, 0) is 6.92 Å². The fourth-order valence-corrected chi connectivity index (χ4v) is 0.689. The lowest BCUT2D eigenvalue weighted by atomic mass is 10.6. The van der Waals surface area contributed by atoms with E-state index in [1.165, 1.54) is 11.3 Å². The van der Waals surface area contributed by atoms with Gasteiger partial charge in [-0.2, -0.15) is 0 Å². The Kier molecular flexibility index (Phi) is 14.8. The van der Waals surface area contributed by atoms with Crippen LogP contribution in [0.4, 0.5) is 0 Å². The van der Waals surface area contributed by atoms with Crippen LogP contribution < -0.4 is 0 Å². The highest BCUT2D eigenvalue weighted by molar-refractivity contribution is 7.09. The molecule has 0 aliphatic heterocycles. The van der Waals surface area contributed by atoms with Crippen molar-refractivity contribution >= 4 is 11.3 Å². The van der Waals surface area contributed by atoms with E-state index in [4.69, 9.17) is 0 Å². The maximum Gasteiger partial charge on any atom is 0.0794 e. The topological polar surface area (TPSA) is 12.9 Å². The average Bonchev–Trinajstić information content (AvgIpc) is 2.46. The van der Waals surface area contributed by atoms with Gasteiger partial charge in [-0.15, -0.1) is 11.3 Å². The van der Waals surface area contributed by atoms with E-state index in [0.29, 0.717) is 0 Å². The second kappa shape index (κ2) is 12.3. The number of thiazole rings is 1. The molecule has 0 spiro atoms. The van der Waals surface area contributed by atoms with Crippen LogP contribution in [0.25, 0.3) is 0 Å². The van der Waals surface area contributed by atoms with Crippen LogP contribution in [-0.4, -0.2) is 4.98 Å². The van der Waals surface area contributed by atoms with Crippen molar-refractivity contribution in [1.82, 2.24) is 4.98 Å². The molecular formula is C9H19NS. The monoisotopic (exact) mass is 173 g/mol. The second-order valence-corrected chi connectivity index (χ2v) is 2.91. The zero-order valence-electron chi connectivity index (χ0n) is 8.22. The third-order valence-corrected chi connectivity index (χ3v) is 1.26. The molecule has 0 aliphatic rings. The summed E-state index contributed by atoms with van der Waals surface area (Å²) in [4.78, 5) is 5.11. The lowest BCUT2D eigenvalue weighted by Crippen LogP contribution is -1.48. The zero-order chi connectivity index (χ0) is 9.11. The molecule has 2 heteroatoms. The Morgan fingerprint density at radius 2 is 1.82 bits per heavy atom. The van der Waals surface area contributed by atoms with E-state index < -0.39 is 0 Å². The highest BCUT2D eigenvalue weighted by Gasteiger charge is 1.76. The number of rotatable bonds is 0. The van der Waals surface area contributed by atoms with Gasteiger partial charge in [0.2, 0.25) is 0 Å². The Labute approximate surface area is 74.5 Å². The zero-order valence-corrected chi connectivity index (χ0v) is 9.03. The quantitative estimate of drug-likeness (QED) is 0.580. The summed E-state index contributed by atoms with van der Waals surface area (Å²) in [6, 6.07) is 0. The smallest absolute Gasteiger partial charge is 0.0794 e. The Morgan fingerprint density at radius 3 is 1.91 bits per heavy atom. The molecule has 1 nitrogen and oxygen atoms in total. The van der Waals surface area contributed by atoms with Crippen LogP contribution in [0.3, 0.4) is 0 Å². The molecule has 0 saturated carbocycles. The summed E-state index contributed by atoms with van der Waals surface area (Å²) in [5.41, 5.74) is 1.83. The van der Waals surface area contributed by atoms with Gasteiger partial charge in [-0.3, -0.25) is 4.98 Å². The molecule has 0 radical (unpaired) electrons. The largest absolute Gasteiger partial charge is 0.253 e. The van der Waals surface area contributed by atoms with Crippen molar-refractivity contribution < 1.29 is 0 Å². The summed E-state index contributed by atoms with van der Waals surface area (Å²) < 4.78 is 0. The van der Waals surface area contributed by atoms with Crippen molar-refractivity contribution in [2.75, 3.05) is 0 Å². The van der Waals surface area contributed by atoms with E-state index in [0.717, 1.165) is 0 Å². The van der Waals surface area contributed by atoms with Gasteiger partial charge >= 0.3 is 0 Å². The first-order valence-electron chi connectivity index (χ1n) is 4.16. The number of hydrogen-bond acceptors (Lipinski definition) is 2. The second-order valence-electron chi connectivity index (χ2n) is 1.82. The number of hydrogen-bond donors (Lipinski definition) is 0. The summed E-state index contributed by atoms with van der Waals surface area (Å²) in [6.07, 6.45) is 3.10. The van der Waals surface area contributed by atoms with Gasteiger partial charge in [-0.1, -0.05) is 34.1 Å². The first-order chi connectivity index (χ1) is 5.31. The minimum Gasteiger partial charge on any atom is -0.253 e. The Morgan fingerprint density at radius 1 is 1.36 bits per heavy atom. The fraction of sp³-hybridized carbons (Fsp3) is 0.667. The van der Waals surface area contributed by atoms with E-state index in [2.05, 4.69) is 18.8 Å². The molecule has 11 heavy (non-hydrogen) atoms. The summed E-state index contributed by atoms with van der Waals surface area (Å²) in [5, 5.41) is 0. The van der Waals surface area contributed by atoms with Crippen molar-refractivity contribution in [3.8, 4) is 0 Å². The van der Waals surface area contributed by atoms with Crippen molar-refractivity contribution in [2.24, 2.45) is 0 Å². The predicted molar refractivity (Wildman–Crippen MR) is 54.2 cm³/mol. The van der Waals surface area contributed by atoms with E-state index in [1.54, 1.807) is 11.3 Å². The van der Waals surface area contributed by atoms with Crippen LogP contribution >= 0.6 is 11.3 Å². The molecule has 0 unspecified atom stereocenters. The molecule has 66 valence electrons. The maximum atomic E-state index is 3.84. The SMILES string of the molecule is CC.CCC.Cc1cncs1. The number of nitrogens with zero attached hydrogens (tertiary/aromatic N) is 1. The third kappa shape index (κ3) is 12.8. The normalized spacial score (nSPS) is 7.00. The van der Waals surface area contributed by atoms with Gasteiger partial charge in [0.15, 0.2) is 0 Å². The summed E-state index contributed by atoms with van der Waals surface area (Å²) in [7, 11) is 0. The average molecular weight is 173 g/mol. The third-order valence-electron chi connectivity index (χ3n) is 0.556. The van der Waals surface area contributed by atoms with Gasteiger partial charge in [-0.25, -0.2) is 0 Å². The molecule has 0 atom stereocenters. The molecule has 0 fully saturated rings. The Bertz CT molecular complexity index is 124. The van der Waals surface area contributed by atoms with Crippen LogP contribution in [0.5, 0.6) is 0 Å². The number of aryl methyl sites for hydroxylation is 1. The van der Waals surface area contributed by atoms with Crippen LogP contribution in [-0.2, 0) is 0 Å². The molecule has 1 rings (SSSR count). The lowest BCUT2D eigenvalue weighted by molar-refractivity contribution is 1.09. The standard InChI is InChI=1S/C4H5NS.C3H8.C2H6/c1-4-2-5-3-6-4;1-3-2;1-2/h2-3H,1H3;3H2,1-2H3;1-2H3. The van der Waals surface area contributed by atoms with Crippen LogP contribution in [0.2, 0.25) is 0 Å². The highest BCUT2D eigenvalue weighted by Crippen LogP contribution is 1.99. The van der Waals surface area contributed by atoms with Crippen molar-refractivity contribution in [3.05, 3.63) is 16.6 Å². The summed E-state index contributed by atoms with van der Waals surface area (Å²) >= 11 is 1.67. The Balaban J connectivity index is 0. The van der Waals surface area contributed by atoms with E-state index in [1.807, 2.05) is 32.5 Å². The Hall–Kier alpha value is -0.370. The fourth-order valence-electron chi connectivity index (χ4n) is 0.279. The lowest BCUT2D eigenvalue weighted by Gasteiger charge is -1.63. The maximum absolute atomic E-state index is 3.84. The molecule has 1 heterocycles. The number of aromatic nitrogens is 1. The van der Waals surface area contributed by atoms with Gasteiger partial charge in [0.1, 0.15) is 0 Å². The molecular weight excluding hydrogens is 154 g/mol. The van der Waals surface area contributed by atoms with Crippen LogP contribution in [0, 0.1) is 6.92 Å². The van der Waals surface area contributed by atoms with Crippen LogP contribution in [0.15, 0.2) is 11.7 Å². The highest BCUT2D eigenvalue weighted by atomic mass is 32.1. The van der Waals surface area contributed by atoms with Gasteiger partial charge in [0.25, 0.3) is 0 Å². The van der Waals surface area contributed by atoms with Gasteiger partial charge in [0, 0.05) is 11.1 Å². The molecule has 0 aromatic carbocycles. The van der Waals surface area contributed by atoms with Crippen molar-refractivity contribution in [2.45, 2.75) is 41.0 Å². The molecule has 0 N–H and O–H groups in total. The summed E-state index contributed by atoms with van der Waals surface area (Å²) in [5.74, 6) is 0. The molecule has 1 aromatic heterocycles. The van der Waals surface area contributed by atoms with E-state index in [-0.39, 0.29) is 0 Å². The first-order valence-corrected chi connectivity index (χ1v) is 5.04. The van der Waals surface area contributed by atoms with Gasteiger partial charge < -0.3 is 0 Å². The predicted octanol–water partition coefficient (Wildman–Crippen LogP) is 3.89. The molecule has 0 aliphatic carbocycles. The van der Waals surface area contributed by atoms with Crippen molar-refractivity contribution in [3.63, 3.8) is 0 Å². The van der Waals surface area contributed by atoms with Crippen LogP contribution in [0.1, 0.15) is 39.0 Å². The molecule has 0 bridgehead atoms. The first kappa shape index (κ1) is 13.2. The van der Waals surface area contributed by atoms with E-state index >= 15 is 0 Å². The van der Waals surface area contributed by atoms with Crippen molar-refractivity contribution in [1.29, 1.82) is 0 Å². The summed E-state index contributed by atoms with van der Waals surface area (Å²) in [6.45, 7) is 10.3. The molecule has 1 aromatic rings. The molecule has 0 saturated heterocycles. The minimum absolute atomic E-state index is 1.25. The van der Waals surface area contributed by atoms with Gasteiger partial charge in [0.05, 0.1) is 5.51 Å². The molecule has 0 amide bonds. The minimum atomic E-state index is 1.25.